The van der Waals surface area contributed by atoms with Crippen LogP contribution >= 0.6 is 12.2 Å². The van der Waals surface area contributed by atoms with Crippen LogP contribution in [0.1, 0.15) is 19.3 Å². The third-order valence-corrected chi connectivity index (χ3v) is 3.93. The molecule has 2 saturated heterocycles. The van der Waals surface area contributed by atoms with Crippen molar-refractivity contribution < 1.29 is 0 Å². The van der Waals surface area contributed by atoms with E-state index in [4.69, 9.17) is 12.2 Å². The molecule has 2 fully saturated rings. The van der Waals surface area contributed by atoms with Gasteiger partial charge in [-0.1, -0.05) is 12.2 Å². The van der Waals surface area contributed by atoms with Gasteiger partial charge in [-0.25, -0.2) is 0 Å². The summed E-state index contributed by atoms with van der Waals surface area (Å²) in [5.41, 5.74) is 0. The fourth-order valence-electron chi connectivity index (χ4n) is 2.38. The first kappa shape index (κ1) is 11.3. The van der Waals surface area contributed by atoms with Crippen LogP contribution in [-0.2, 0) is 0 Å². The highest BCUT2D eigenvalue weighted by molar-refractivity contribution is 7.80. The van der Waals surface area contributed by atoms with Gasteiger partial charge in [0.2, 0.25) is 0 Å². The van der Waals surface area contributed by atoms with Crippen molar-refractivity contribution in [3.05, 3.63) is 0 Å². The van der Waals surface area contributed by atoms with E-state index in [1.807, 2.05) is 0 Å². The first-order chi connectivity index (χ1) is 7.27. The molecule has 4 heteroatoms. The lowest BCUT2D eigenvalue weighted by atomic mass is 10.2. The van der Waals surface area contributed by atoms with Crippen LogP contribution in [0.5, 0.6) is 0 Å². The molecule has 3 nitrogen and oxygen atoms in total. The third-order valence-electron chi connectivity index (χ3n) is 3.39. The lowest BCUT2D eigenvalue weighted by molar-refractivity contribution is 0.345. The van der Waals surface area contributed by atoms with Crippen LogP contribution in [-0.4, -0.2) is 60.6 Å². The summed E-state index contributed by atoms with van der Waals surface area (Å²) >= 11 is 5.58. The largest absolute Gasteiger partial charge is 0.364 e. The van der Waals surface area contributed by atoms with Gasteiger partial charge in [-0.3, -0.25) is 0 Å². The summed E-state index contributed by atoms with van der Waals surface area (Å²) in [6.07, 6.45) is 3.74. The minimum Gasteiger partial charge on any atom is -0.364 e. The molecule has 2 aliphatic rings. The predicted molar refractivity (Wildman–Crippen MR) is 67.3 cm³/mol. The van der Waals surface area contributed by atoms with Gasteiger partial charge in [0.1, 0.15) is 0 Å². The zero-order valence-corrected chi connectivity index (χ0v) is 10.4. The Morgan fingerprint density at radius 1 is 1.20 bits per heavy atom. The van der Waals surface area contributed by atoms with Gasteiger partial charge < -0.3 is 15.1 Å². The van der Waals surface area contributed by atoms with Gasteiger partial charge in [-0.2, -0.15) is 0 Å². The van der Waals surface area contributed by atoms with E-state index in [0.29, 0.717) is 6.04 Å². The summed E-state index contributed by atoms with van der Waals surface area (Å²) in [6.45, 7) is 5.73. The van der Waals surface area contributed by atoms with Gasteiger partial charge in [0.25, 0.3) is 0 Å². The fraction of sp³-hybridized carbons (Fsp3) is 0.909. The SMILES string of the molecule is CN1CCCN(C(=S)[C@@H]2CCCN2)CC1. The molecule has 0 spiro atoms. The van der Waals surface area contributed by atoms with E-state index in [-0.39, 0.29) is 0 Å². The Balaban J connectivity index is 1.88. The molecule has 0 unspecified atom stereocenters. The van der Waals surface area contributed by atoms with Crippen LogP contribution in [0.4, 0.5) is 0 Å². The van der Waals surface area contributed by atoms with Crippen LogP contribution in [0.2, 0.25) is 0 Å². The Labute approximate surface area is 97.8 Å². The van der Waals surface area contributed by atoms with Gasteiger partial charge >= 0.3 is 0 Å². The third kappa shape index (κ3) is 2.89. The number of rotatable bonds is 1. The fourth-order valence-corrected chi connectivity index (χ4v) is 2.77. The highest BCUT2D eigenvalue weighted by Gasteiger charge is 2.24. The second kappa shape index (κ2) is 5.23. The minimum absolute atomic E-state index is 0.475. The standard InChI is InChI=1S/C11H21N3S/c1-13-6-3-7-14(9-8-13)11(15)10-4-2-5-12-10/h10,12H,2-9H2,1H3/t10-/m0/s1. The molecule has 0 aromatic heterocycles. The zero-order chi connectivity index (χ0) is 10.7. The normalized spacial score (nSPS) is 29.1. The number of thiocarbonyl (C=S) groups is 1. The molecule has 0 bridgehead atoms. The Bertz CT molecular complexity index is 226. The molecule has 0 radical (unpaired) electrons. The average Bonchev–Trinajstić information content (AvgIpc) is 2.67. The lowest BCUT2D eigenvalue weighted by Gasteiger charge is -2.27. The van der Waals surface area contributed by atoms with Crippen molar-refractivity contribution in [1.29, 1.82) is 0 Å². The van der Waals surface area contributed by atoms with E-state index < -0.39 is 0 Å². The number of nitrogens with one attached hydrogen (secondary N) is 1. The van der Waals surface area contributed by atoms with Crippen LogP contribution in [0.3, 0.4) is 0 Å². The maximum absolute atomic E-state index is 5.58. The molecule has 0 amide bonds. The van der Waals surface area contributed by atoms with Crippen LogP contribution in [0, 0.1) is 0 Å². The van der Waals surface area contributed by atoms with Crippen molar-refractivity contribution in [2.75, 3.05) is 39.8 Å². The van der Waals surface area contributed by atoms with E-state index in [1.165, 1.54) is 25.8 Å². The van der Waals surface area contributed by atoms with Gasteiger partial charge in [-0.15, -0.1) is 0 Å². The Kier molecular flexibility index (Phi) is 3.94. The average molecular weight is 227 g/mol. The van der Waals surface area contributed by atoms with Crippen LogP contribution in [0.25, 0.3) is 0 Å². The van der Waals surface area contributed by atoms with Crippen molar-refractivity contribution in [2.45, 2.75) is 25.3 Å². The number of hydrogen-bond donors (Lipinski definition) is 1. The molecule has 15 heavy (non-hydrogen) atoms. The monoisotopic (exact) mass is 227 g/mol. The van der Waals surface area contributed by atoms with Crippen molar-refractivity contribution in [3.63, 3.8) is 0 Å². The maximum atomic E-state index is 5.58. The summed E-state index contributed by atoms with van der Waals surface area (Å²) < 4.78 is 0. The maximum Gasteiger partial charge on any atom is 0.0952 e. The summed E-state index contributed by atoms with van der Waals surface area (Å²) in [5, 5.41) is 3.49. The van der Waals surface area contributed by atoms with E-state index in [2.05, 4.69) is 22.2 Å². The van der Waals surface area contributed by atoms with Crippen molar-refractivity contribution in [1.82, 2.24) is 15.1 Å². The smallest absolute Gasteiger partial charge is 0.0952 e. The van der Waals surface area contributed by atoms with Crippen molar-refractivity contribution >= 4 is 17.2 Å². The first-order valence-corrected chi connectivity index (χ1v) is 6.39. The van der Waals surface area contributed by atoms with Crippen LogP contribution < -0.4 is 5.32 Å². The van der Waals surface area contributed by atoms with E-state index in [9.17, 15) is 0 Å². The summed E-state index contributed by atoms with van der Waals surface area (Å²) in [7, 11) is 2.19. The molecule has 1 N–H and O–H groups in total. The summed E-state index contributed by atoms with van der Waals surface area (Å²) in [4.78, 5) is 5.95. The zero-order valence-electron chi connectivity index (χ0n) is 9.54. The Hall–Kier alpha value is -0.190. The summed E-state index contributed by atoms with van der Waals surface area (Å²) in [5.74, 6) is 0. The Morgan fingerprint density at radius 3 is 2.80 bits per heavy atom. The highest BCUT2D eigenvalue weighted by Crippen LogP contribution is 2.12. The van der Waals surface area contributed by atoms with Gasteiger partial charge in [0.05, 0.1) is 11.0 Å². The van der Waals surface area contributed by atoms with E-state index in [0.717, 1.165) is 31.2 Å². The first-order valence-electron chi connectivity index (χ1n) is 5.98. The molecule has 2 aliphatic heterocycles. The quantitative estimate of drug-likeness (QED) is 0.665. The van der Waals surface area contributed by atoms with Gasteiger partial charge in [0.15, 0.2) is 0 Å². The number of hydrogen-bond acceptors (Lipinski definition) is 3. The van der Waals surface area contributed by atoms with Gasteiger partial charge in [0, 0.05) is 19.6 Å². The second-order valence-corrected chi connectivity index (χ2v) is 5.05. The molecular formula is C11H21N3S. The van der Waals surface area contributed by atoms with Crippen molar-refractivity contribution in [3.8, 4) is 0 Å². The predicted octanol–water partition coefficient (Wildman–Crippen LogP) is 0.703. The highest BCUT2D eigenvalue weighted by atomic mass is 32.1. The van der Waals surface area contributed by atoms with Crippen molar-refractivity contribution in [2.24, 2.45) is 0 Å². The molecule has 0 aromatic carbocycles. The van der Waals surface area contributed by atoms with Crippen LogP contribution in [0.15, 0.2) is 0 Å². The lowest BCUT2D eigenvalue weighted by Crippen LogP contribution is -2.43. The van der Waals surface area contributed by atoms with Gasteiger partial charge in [-0.05, 0) is 39.4 Å². The molecule has 0 saturated carbocycles. The number of likely N-dealkylation sites (N-methyl/N-ethyl adjacent to an activating group) is 1. The van der Waals surface area contributed by atoms with E-state index >= 15 is 0 Å². The minimum atomic E-state index is 0.475. The number of nitrogens with zero attached hydrogens (tertiary/aromatic N) is 2. The molecule has 0 aromatic rings. The molecule has 2 rings (SSSR count). The molecule has 1 atom stereocenters. The van der Waals surface area contributed by atoms with E-state index in [1.54, 1.807) is 0 Å². The summed E-state index contributed by atoms with van der Waals surface area (Å²) in [6, 6.07) is 0.475. The topological polar surface area (TPSA) is 18.5 Å². The molecular weight excluding hydrogens is 206 g/mol. The Morgan fingerprint density at radius 2 is 2.07 bits per heavy atom. The molecule has 2 heterocycles. The molecule has 0 aliphatic carbocycles. The second-order valence-electron chi connectivity index (χ2n) is 4.63. The molecule has 86 valence electrons.